The summed E-state index contributed by atoms with van der Waals surface area (Å²) in [6.45, 7) is 0.0396. The molecular formula is C35H33N3O7. The number of aliphatic hydroxyl groups excluding tert-OH is 2. The Hall–Kier alpha value is -5.06. The highest BCUT2D eigenvalue weighted by atomic mass is 16.5. The van der Waals surface area contributed by atoms with Gasteiger partial charge < -0.3 is 39.3 Å². The largest absolute Gasteiger partial charge is 0.493 e. The van der Waals surface area contributed by atoms with Crippen LogP contribution in [0.15, 0.2) is 94.9 Å². The molecule has 0 radical (unpaired) electrons. The Morgan fingerprint density at radius 1 is 1.02 bits per heavy atom. The molecule has 2 aliphatic rings. The van der Waals surface area contributed by atoms with Gasteiger partial charge >= 0.3 is 0 Å². The van der Waals surface area contributed by atoms with Gasteiger partial charge in [0.1, 0.15) is 18.0 Å². The Morgan fingerprint density at radius 3 is 2.64 bits per heavy atom. The lowest BCUT2D eigenvalue weighted by molar-refractivity contribution is -0.118. The van der Waals surface area contributed by atoms with Crippen molar-refractivity contribution in [3.8, 4) is 11.5 Å². The lowest BCUT2D eigenvalue weighted by Gasteiger charge is -2.40. The third-order valence-corrected chi connectivity index (χ3v) is 8.64. The van der Waals surface area contributed by atoms with Gasteiger partial charge in [-0.2, -0.15) is 0 Å². The molecule has 1 aliphatic heterocycles. The van der Waals surface area contributed by atoms with Gasteiger partial charge in [-0.15, -0.1) is 0 Å². The Labute approximate surface area is 258 Å². The van der Waals surface area contributed by atoms with Gasteiger partial charge in [0.2, 0.25) is 5.91 Å². The average Bonchev–Trinajstić information content (AvgIpc) is 3.79. The first kappa shape index (κ1) is 28.7. The third kappa shape index (κ3) is 5.11. The number of benzene rings is 3. The minimum absolute atomic E-state index is 0.0626. The zero-order valence-corrected chi connectivity index (χ0v) is 24.6. The molecule has 4 unspecified atom stereocenters. The monoisotopic (exact) mass is 607 g/mol. The van der Waals surface area contributed by atoms with Gasteiger partial charge in [-0.05, 0) is 41.8 Å². The molecule has 5 aromatic rings. The lowest BCUT2D eigenvalue weighted by atomic mass is 9.77. The van der Waals surface area contributed by atoms with E-state index in [0.717, 1.165) is 22.2 Å². The molecule has 0 saturated heterocycles. The van der Waals surface area contributed by atoms with E-state index in [9.17, 15) is 19.8 Å². The summed E-state index contributed by atoms with van der Waals surface area (Å²) in [5.74, 6) is -0.241. The maximum atomic E-state index is 14.4. The summed E-state index contributed by atoms with van der Waals surface area (Å²) in [7, 11) is 1.54. The first-order valence-electron chi connectivity index (χ1n) is 15.0. The van der Waals surface area contributed by atoms with Crippen LogP contribution in [0.2, 0.25) is 0 Å². The van der Waals surface area contributed by atoms with Gasteiger partial charge in [-0.1, -0.05) is 48.5 Å². The zero-order chi connectivity index (χ0) is 31.1. The number of nitrogens with one attached hydrogen (secondary N) is 2. The summed E-state index contributed by atoms with van der Waals surface area (Å²) in [6, 6.07) is 23.5. The molecule has 4 atom stereocenters. The summed E-state index contributed by atoms with van der Waals surface area (Å²) < 4.78 is 17.8. The van der Waals surface area contributed by atoms with Crippen molar-refractivity contribution in [1.29, 1.82) is 0 Å². The van der Waals surface area contributed by atoms with Crippen LogP contribution in [0.1, 0.15) is 27.7 Å². The standard InChI is InChI=1S/C35H33N3O7/c1-43-28-12-6-8-21-18-29(45-32(21)28)35(42)38(15-13-22-17-20-7-2-4-10-25(20)37-22)26-19-24(34(41)36-14-16-39)30-23-9-3-5-11-27(23)44-33(30)31(26)40/h2-12,17-19,26,30-31,33,37,39-40H,13-16H2,1H3,(H,36,41). The van der Waals surface area contributed by atoms with Crippen molar-refractivity contribution in [2.45, 2.75) is 30.6 Å². The van der Waals surface area contributed by atoms with E-state index in [4.69, 9.17) is 13.9 Å². The highest BCUT2D eigenvalue weighted by molar-refractivity contribution is 5.99. The van der Waals surface area contributed by atoms with E-state index in [-0.39, 0.29) is 25.5 Å². The van der Waals surface area contributed by atoms with Crippen molar-refractivity contribution in [3.05, 3.63) is 108 Å². The second-order valence-electron chi connectivity index (χ2n) is 11.3. The molecule has 7 rings (SSSR count). The number of para-hydroxylation sites is 3. The third-order valence-electron chi connectivity index (χ3n) is 8.64. The molecule has 45 heavy (non-hydrogen) atoms. The van der Waals surface area contributed by atoms with Crippen LogP contribution < -0.4 is 14.8 Å². The van der Waals surface area contributed by atoms with Gasteiger partial charge in [0.05, 0.1) is 25.7 Å². The van der Waals surface area contributed by atoms with Crippen molar-refractivity contribution in [3.63, 3.8) is 0 Å². The van der Waals surface area contributed by atoms with Crippen molar-refractivity contribution in [2.24, 2.45) is 0 Å². The molecule has 0 saturated carbocycles. The second-order valence-corrected chi connectivity index (χ2v) is 11.3. The number of ether oxygens (including phenoxy) is 2. The van der Waals surface area contributed by atoms with Gasteiger partial charge in [-0.3, -0.25) is 9.59 Å². The SMILES string of the molecule is COc1cccc2cc(C(=O)N(CCc3cc4ccccc4[nH]3)C3C=C(C(=O)NCCO)C4c5ccccc5OC4C3O)oc12. The number of carbonyl (C=O) groups excluding carboxylic acids is 2. The van der Waals surface area contributed by atoms with Crippen LogP contribution in [0.5, 0.6) is 11.5 Å². The number of amides is 2. The zero-order valence-electron chi connectivity index (χ0n) is 24.6. The number of hydrogen-bond donors (Lipinski definition) is 4. The van der Waals surface area contributed by atoms with Gasteiger partial charge in [0.25, 0.3) is 5.91 Å². The Kier molecular flexibility index (Phi) is 7.52. The van der Waals surface area contributed by atoms with E-state index >= 15 is 0 Å². The summed E-state index contributed by atoms with van der Waals surface area (Å²) in [4.78, 5) is 32.9. The molecule has 1 aliphatic carbocycles. The Morgan fingerprint density at radius 2 is 1.82 bits per heavy atom. The van der Waals surface area contributed by atoms with E-state index in [1.807, 2.05) is 60.7 Å². The summed E-state index contributed by atoms with van der Waals surface area (Å²) in [5.41, 5.74) is 3.49. The molecule has 3 heterocycles. The van der Waals surface area contributed by atoms with E-state index in [0.29, 0.717) is 34.5 Å². The molecule has 2 amide bonds. The number of aromatic nitrogens is 1. The number of H-pyrrole nitrogens is 1. The molecule has 0 bridgehead atoms. The number of rotatable bonds is 9. The lowest BCUT2D eigenvalue weighted by Crippen LogP contribution is -2.56. The molecule has 10 heteroatoms. The van der Waals surface area contributed by atoms with Crippen LogP contribution >= 0.6 is 0 Å². The van der Waals surface area contributed by atoms with Crippen molar-refractivity contribution < 1.29 is 33.7 Å². The number of fused-ring (bicyclic) bond motifs is 5. The minimum atomic E-state index is -1.16. The highest BCUT2D eigenvalue weighted by Crippen LogP contribution is 2.47. The highest BCUT2D eigenvalue weighted by Gasteiger charge is 2.50. The number of carbonyl (C=O) groups is 2. The molecule has 3 aromatic carbocycles. The smallest absolute Gasteiger partial charge is 0.290 e. The van der Waals surface area contributed by atoms with E-state index < -0.39 is 36.0 Å². The normalized spacial score (nSPS) is 20.3. The molecular weight excluding hydrogens is 574 g/mol. The Bertz CT molecular complexity index is 1890. The molecule has 4 N–H and O–H groups in total. The topological polar surface area (TPSA) is 137 Å². The van der Waals surface area contributed by atoms with Crippen LogP contribution in [0, 0.1) is 0 Å². The average molecular weight is 608 g/mol. The van der Waals surface area contributed by atoms with Crippen LogP contribution in [-0.4, -0.2) is 77.0 Å². The fourth-order valence-corrected chi connectivity index (χ4v) is 6.53. The van der Waals surface area contributed by atoms with Gasteiger partial charge in [0, 0.05) is 47.2 Å². The van der Waals surface area contributed by atoms with Crippen molar-refractivity contribution >= 4 is 33.7 Å². The van der Waals surface area contributed by atoms with Crippen molar-refractivity contribution in [2.75, 3.05) is 26.8 Å². The van der Waals surface area contributed by atoms with Crippen LogP contribution in [-0.2, 0) is 11.2 Å². The van der Waals surface area contributed by atoms with Crippen LogP contribution in [0.25, 0.3) is 21.9 Å². The van der Waals surface area contributed by atoms with Gasteiger partial charge in [-0.25, -0.2) is 0 Å². The first-order valence-corrected chi connectivity index (χ1v) is 15.0. The quantitative estimate of drug-likeness (QED) is 0.199. The van der Waals surface area contributed by atoms with E-state index in [1.54, 1.807) is 29.2 Å². The number of furan rings is 1. The maximum absolute atomic E-state index is 14.4. The second kappa shape index (κ2) is 11.8. The fraction of sp³-hybridized carbons (Fsp3) is 0.257. The first-order chi connectivity index (χ1) is 22.0. The number of methoxy groups -OCH3 is 1. The number of aliphatic hydroxyl groups is 2. The maximum Gasteiger partial charge on any atom is 0.290 e. The molecule has 2 aromatic heterocycles. The molecule has 10 nitrogen and oxygen atoms in total. The van der Waals surface area contributed by atoms with E-state index in [2.05, 4.69) is 10.3 Å². The van der Waals surface area contributed by atoms with E-state index in [1.165, 1.54) is 7.11 Å². The van der Waals surface area contributed by atoms with Gasteiger partial charge in [0.15, 0.2) is 17.1 Å². The number of nitrogens with zero attached hydrogens (tertiary/aromatic N) is 1. The molecule has 0 spiro atoms. The summed E-state index contributed by atoms with van der Waals surface area (Å²) in [5, 5.41) is 25.8. The molecule has 230 valence electrons. The number of aromatic amines is 1. The summed E-state index contributed by atoms with van der Waals surface area (Å²) >= 11 is 0. The van der Waals surface area contributed by atoms with Crippen LogP contribution in [0.3, 0.4) is 0 Å². The van der Waals surface area contributed by atoms with Crippen molar-refractivity contribution in [1.82, 2.24) is 15.2 Å². The minimum Gasteiger partial charge on any atom is -0.493 e. The van der Waals surface area contributed by atoms with Crippen LogP contribution in [0.4, 0.5) is 0 Å². The molecule has 0 fully saturated rings. The predicted molar refractivity (Wildman–Crippen MR) is 167 cm³/mol. The summed E-state index contributed by atoms with van der Waals surface area (Å²) in [6.07, 6.45) is 0.132. The number of hydrogen-bond acceptors (Lipinski definition) is 7. The fourth-order valence-electron chi connectivity index (χ4n) is 6.53. The Balaban J connectivity index is 1.30. The predicted octanol–water partition coefficient (Wildman–Crippen LogP) is 3.93.